The van der Waals surface area contributed by atoms with Crippen molar-refractivity contribution in [2.75, 3.05) is 20.2 Å². The lowest BCUT2D eigenvalue weighted by Gasteiger charge is -2.31. The lowest BCUT2D eigenvalue weighted by atomic mass is 9.98. The SMILES string of the molecule is CC(CCC(=O)N(C)C(C)(C)C(=O)O)CNC(=O)OCC1c2ccccc2-c2ccccc21. The van der Waals surface area contributed by atoms with Crippen molar-refractivity contribution >= 4 is 18.0 Å². The Morgan fingerprint density at radius 3 is 2.15 bits per heavy atom. The van der Waals surface area contributed by atoms with Gasteiger partial charge < -0.3 is 20.1 Å². The molecule has 0 fully saturated rings. The molecule has 2 aromatic rings. The molecule has 7 nitrogen and oxygen atoms in total. The summed E-state index contributed by atoms with van der Waals surface area (Å²) in [6.07, 6.45) is 0.252. The van der Waals surface area contributed by atoms with Crippen LogP contribution >= 0.6 is 0 Å². The number of carbonyl (C=O) groups excluding carboxylic acids is 2. The highest BCUT2D eigenvalue weighted by Crippen LogP contribution is 2.44. The maximum absolute atomic E-state index is 12.3. The van der Waals surface area contributed by atoms with Gasteiger partial charge in [-0.15, -0.1) is 0 Å². The first-order valence-corrected chi connectivity index (χ1v) is 11.2. The fraction of sp³-hybridized carbons (Fsp3) is 0.423. The molecule has 0 saturated heterocycles. The van der Waals surface area contributed by atoms with E-state index in [-0.39, 0.29) is 30.8 Å². The largest absolute Gasteiger partial charge is 0.480 e. The van der Waals surface area contributed by atoms with Crippen LogP contribution in [-0.2, 0) is 14.3 Å². The minimum atomic E-state index is -1.26. The number of nitrogens with zero attached hydrogens (tertiary/aromatic N) is 1. The topological polar surface area (TPSA) is 95.9 Å². The van der Waals surface area contributed by atoms with Crippen LogP contribution in [0.1, 0.15) is 50.7 Å². The quantitative estimate of drug-likeness (QED) is 0.593. The minimum absolute atomic E-state index is 0.00585. The van der Waals surface area contributed by atoms with Gasteiger partial charge in [0, 0.05) is 25.9 Å². The number of hydrogen-bond acceptors (Lipinski definition) is 4. The smallest absolute Gasteiger partial charge is 0.407 e. The molecule has 3 rings (SSSR count). The molecule has 2 amide bonds. The maximum atomic E-state index is 12.3. The summed E-state index contributed by atoms with van der Waals surface area (Å²) in [7, 11) is 1.50. The predicted octanol–water partition coefficient (Wildman–Crippen LogP) is 4.26. The molecule has 33 heavy (non-hydrogen) atoms. The fourth-order valence-electron chi connectivity index (χ4n) is 4.00. The highest BCUT2D eigenvalue weighted by molar-refractivity contribution is 5.86. The molecular formula is C26H32N2O5. The summed E-state index contributed by atoms with van der Waals surface area (Å²) in [6, 6.07) is 16.3. The monoisotopic (exact) mass is 452 g/mol. The molecule has 1 atom stereocenters. The van der Waals surface area contributed by atoms with Crippen LogP contribution in [0.2, 0.25) is 0 Å². The molecule has 176 valence electrons. The predicted molar refractivity (Wildman–Crippen MR) is 126 cm³/mol. The molecule has 2 aromatic carbocycles. The third-order valence-electron chi connectivity index (χ3n) is 6.53. The van der Waals surface area contributed by atoms with Crippen LogP contribution in [0, 0.1) is 5.92 Å². The summed E-state index contributed by atoms with van der Waals surface area (Å²) in [5.41, 5.74) is 3.41. The van der Waals surface area contributed by atoms with Gasteiger partial charge in [0.25, 0.3) is 0 Å². The Labute approximate surface area is 194 Å². The number of carboxylic acids is 1. The van der Waals surface area contributed by atoms with Gasteiger partial charge in [0.1, 0.15) is 12.1 Å². The number of amides is 2. The number of ether oxygens (including phenoxy) is 1. The van der Waals surface area contributed by atoms with Gasteiger partial charge in [0.15, 0.2) is 0 Å². The van der Waals surface area contributed by atoms with Crippen molar-refractivity contribution in [1.82, 2.24) is 10.2 Å². The van der Waals surface area contributed by atoms with Gasteiger partial charge in [0.05, 0.1) is 0 Å². The Morgan fingerprint density at radius 1 is 1.06 bits per heavy atom. The van der Waals surface area contributed by atoms with E-state index in [0.29, 0.717) is 13.0 Å². The Kier molecular flexibility index (Phi) is 7.41. The van der Waals surface area contributed by atoms with E-state index in [1.165, 1.54) is 36.9 Å². The first kappa shape index (κ1) is 24.3. The van der Waals surface area contributed by atoms with E-state index in [9.17, 15) is 19.5 Å². The summed E-state index contributed by atoms with van der Waals surface area (Å²) in [5, 5.41) is 12.0. The second-order valence-corrected chi connectivity index (χ2v) is 9.17. The Bertz CT molecular complexity index is 987. The van der Waals surface area contributed by atoms with E-state index in [1.54, 1.807) is 0 Å². The van der Waals surface area contributed by atoms with Gasteiger partial charge >= 0.3 is 12.1 Å². The van der Waals surface area contributed by atoms with Crippen LogP contribution in [-0.4, -0.2) is 53.7 Å². The molecule has 0 saturated carbocycles. The zero-order chi connectivity index (χ0) is 24.2. The number of hydrogen-bond donors (Lipinski definition) is 2. The standard InChI is InChI=1S/C26H32N2O5/c1-17(13-14-23(29)28(4)26(2,3)24(30)31)15-27-25(32)33-16-22-20-11-7-5-9-18(20)19-10-6-8-12-21(19)22/h5-12,17,22H,13-16H2,1-4H3,(H,27,32)(H,30,31). The lowest BCUT2D eigenvalue weighted by Crippen LogP contribution is -2.50. The molecule has 2 N–H and O–H groups in total. The third kappa shape index (κ3) is 5.35. The zero-order valence-corrected chi connectivity index (χ0v) is 19.6. The molecule has 1 aliphatic carbocycles. The second kappa shape index (κ2) is 10.1. The number of likely N-dealkylation sites (N-methyl/N-ethyl adjacent to an activating group) is 1. The Morgan fingerprint density at radius 2 is 1.61 bits per heavy atom. The number of benzene rings is 2. The molecular weight excluding hydrogens is 420 g/mol. The summed E-state index contributed by atoms with van der Waals surface area (Å²) in [4.78, 5) is 37.2. The van der Waals surface area contributed by atoms with Crippen molar-refractivity contribution in [3.8, 4) is 11.1 Å². The fourth-order valence-corrected chi connectivity index (χ4v) is 4.00. The average molecular weight is 453 g/mol. The molecule has 0 aliphatic heterocycles. The van der Waals surface area contributed by atoms with Crippen LogP contribution in [0.25, 0.3) is 11.1 Å². The highest BCUT2D eigenvalue weighted by atomic mass is 16.5. The lowest BCUT2D eigenvalue weighted by molar-refractivity contribution is -0.155. The molecule has 7 heteroatoms. The van der Waals surface area contributed by atoms with Crippen molar-refractivity contribution in [2.24, 2.45) is 5.92 Å². The molecule has 0 aromatic heterocycles. The van der Waals surface area contributed by atoms with Crippen molar-refractivity contribution in [1.29, 1.82) is 0 Å². The van der Waals surface area contributed by atoms with Gasteiger partial charge in [-0.3, -0.25) is 4.79 Å². The molecule has 0 heterocycles. The van der Waals surface area contributed by atoms with Crippen molar-refractivity contribution < 1.29 is 24.2 Å². The Hall–Kier alpha value is -3.35. The number of fused-ring (bicyclic) bond motifs is 3. The van der Waals surface area contributed by atoms with E-state index in [0.717, 1.165) is 11.1 Å². The second-order valence-electron chi connectivity index (χ2n) is 9.17. The average Bonchev–Trinajstić information content (AvgIpc) is 3.12. The first-order chi connectivity index (χ1) is 15.6. The Balaban J connectivity index is 1.46. The van der Waals surface area contributed by atoms with Crippen LogP contribution < -0.4 is 5.32 Å². The molecule has 1 aliphatic rings. The van der Waals surface area contributed by atoms with Crippen LogP contribution in [0.5, 0.6) is 0 Å². The summed E-state index contributed by atoms with van der Waals surface area (Å²) in [5.74, 6) is -1.25. The number of carboxylic acid groups (broad SMARTS) is 1. The van der Waals surface area contributed by atoms with E-state index in [2.05, 4.69) is 29.6 Å². The number of carbonyl (C=O) groups is 3. The van der Waals surface area contributed by atoms with Crippen molar-refractivity contribution in [3.05, 3.63) is 59.7 Å². The van der Waals surface area contributed by atoms with Crippen LogP contribution in [0.3, 0.4) is 0 Å². The summed E-state index contributed by atoms with van der Waals surface area (Å²) in [6.45, 7) is 5.54. The normalized spacial score (nSPS) is 13.6. The number of rotatable bonds is 9. The molecule has 1 unspecified atom stereocenters. The van der Waals surface area contributed by atoms with Crippen molar-refractivity contribution in [3.63, 3.8) is 0 Å². The third-order valence-corrected chi connectivity index (χ3v) is 6.53. The number of alkyl carbamates (subject to hydrolysis) is 1. The number of aliphatic carboxylic acids is 1. The van der Waals surface area contributed by atoms with Gasteiger partial charge in [0.2, 0.25) is 5.91 Å². The first-order valence-electron chi connectivity index (χ1n) is 11.2. The van der Waals surface area contributed by atoms with Crippen LogP contribution in [0.15, 0.2) is 48.5 Å². The van der Waals surface area contributed by atoms with E-state index >= 15 is 0 Å². The van der Waals surface area contributed by atoms with Gasteiger partial charge in [-0.2, -0.15) is 0 Å². The summed E-state index contributed by atoms with van der Waals surface area (Å²) >= 11 is 0. The van der Waals surface area contributed by atoms with Crippen molar-refractivity contribution in [2.45, 2.75) is 45.1 Å². The van der Waals surface area contributed by atoms with Gasteiger partial charge in [-0.1, -0.05) is 55.5 Å². The van der Waals surface area contributed by atoms with Crippen LogP contribution in [0.4, 0.5) is 4.79 Å². The van der Waals surface area contributed by atoms with E-state index < -0.39 is 17.6 Å². The highest BCUT2D eigenvalue weighted by Gasteiger charge is 2.35. The molecule has 0 radical (unpaired) electrons. The van der Waals surface area contributed by atoms with E-state index in [4.69, 9.17) is 4.74 Å². The molecule has 0 bridgehead atoms. The number of nitrogens with one attached hydrogen (secondary N) is 1. The maximum Gasteiger partial charge on any atom is 0.407 e. The van der Waals surface area contributed by atoms with Gasteiger partial charge in [-0.25, -0.2) is 9.59 Å². The zero-order valence-electron chi connectivity index (χ0n) is 19.6. The molecule has 0 spiro atoms. The minimum Gasteiger partial charge on any atom is -0.480 e. The summed E-state index contributed by atoms with van der Waals surface area (Å²) < 4.78 is 5.53. The van der Waals surface area contributed by atoms with E-state index in [1.807, 2.05) is 31.2 Å². The van der Waals surface area contributed by atoms with Gasteiger partial charge in [-0.05, 0) is 48.4 Å².